The number of primary amides is 1. The molecule has 0 aliphatic carbocycles. The molecule has 0 saturated heterocycles. The smallest absolute Gasteiger partial charge is 0.355 e. The van der Waals surface area contributed by atoms with Crippen LogP contribution in [-0.4, -0.2) is 12.0 Å². The standard InChI is InChI=1S/C11H9ClN2O3/c12-7-3-1-6(2-4-7)9-5-8(10(15)17-9)14-11(13)16/h1-5,9H,(H3,13,14,16). The van der Waals surface area contributed by atoms with Gasteiger partial charge in [-0.05, 0) is 23.8 Å². The Labute approximate surface area is 102 Å². The van der Waals surface area contributed by atoms with Crippen molar-refractivity contribution in [3.63, 3.8) is 0 Å². The van der Waals surface area contributed by atoms with Crippen molar-refractivity contribution in [2.75, 3.05) is 0 Å². The van der Waals surface area contributed by atoms with Gasteiger partial charge in [-0.3, -0.25) is 0 Å². The van der Waals surface area contributed by atoms with Gasteiger partial charge in [0.2, 0.25) is 0 Å². The zero-order chi connectivity index (χ0) is 12.4. The van der Waals surface area contributed by atoms with E-state index in [0.717, 1.165) is 5.56 Å². The molecule has 1 atom stereocenters. The fraction of sp³-hybridized carbons (Fsp3) is 0.0909. The Morgan fingerprint density at radius 2 is 2.00 bits per heavy atom. The maximum absolute atomic E-state index is 11.4. The van der Waals surface area contributed by atoms with Crippen molar-refractivity contribution >= 4 is 23.6 Å². The van der Waals surface area contributed by atoms with E-state index < -0.39 is 18.1 Å². The molecule has 1 aromatic carbocycles. The van der Waals surface area contributed by atoms with Gasteiger partial charge in [-0.25, -0.2) is 9.59 Å². The molecule has 5 nitrogen and oxygen atoms in total. The highest BCUT2D eigenvalue weighted by molar-refractivity contribution is 6.30. The summed E-state index contributed by atoms with van der Waals surface area (Å²) in [7, 11) is 0. The van der Waals surface area contributed by atoms with Gasteiger partial charge in [0, 0.05) is 5.02 Å². The maximum Gasteiger partial charge on any atom is 0.355 e. The van der Waals surface area contributed by atoms with E-state index in [1.807, 2.05) is 0 Å². The Morgan fingerprint density at radius 1 is 1.35 bits per heavy atom. The predicted octanol–water partition coefficient (Wildman–Crippen LogP) is 1.49. The van der Waals surface area contributed by atoms with Gasteiger partial charge in [-0.1, -0.05) is 23.7 Å². The van der Waals surface area contributed by atoms with Crippen LogP contribution in [-0.2, 0) is 9.53 Å². The molecule has 0 spiro atoms. The van der Waals surface area contributed by atoms with E-state index in [0.29, 0.717) is 5.02 Å². The van der Waals surface area contributed by atoms with Gasteiger partial charge in [-0.2, -0.15) is 0 Å². The third-order valence-electron chi connectivity index (χ3n) is 2.23. The second-order valence-electron chi connectivity index (χ2n) is 3.45. The molecule has 1 unspecified atom stereocenters. The summed E-state index contributed by atoms with van der Waals surface area (Å²) in [6.07, 6.45) is 0.970. The van der Waals surface area contributed by atoms with Crippen LogP contribution >= 0.6 is 11.6 Å². The van der Waals surface area contributed by atoms with E-state index in [1.165, 1.54) is 6.08 Å². The largest absolute Gasteiger partial charge is 0.448 e. The quantitative estimate of drug-likeness (QED) is 0.783. The molecule has 0 fully saturated rings. The molecule has 6 heteroatoms. The average molecular weight is 253 g/mol. The van der Waals surface area contributed by atoms with Gasteiger partial charge in [0.25, 0.3) is 0 Å². The minimum absolute atomic E-state index is 0.0532. The molecule has 0 aromatic heterocycles. The zero-order valence-electron chi connectivity index (χ0n) is 8.64. The number of ether oxygens (including phenoxy) is 1. The second kappa shape index (κ2) is 4.47. The van der Waals surface area contributed by atoms with Crippen molar-refractivity contribution in [1.82, 2.24) is 5.32 Å². The third-order valence-corrected chi connectivity index (χ3v) is 2.48. The molecule has 1 aromatic rings. The summed E-state index contributed by atoms with van der Waals surface area (Å²) in [6.45, 7) is 0. The Kier molecular flexibility index (Phi) is 3.01. The van der Waals surface area contributed by atoms with Gasteiger partial charge in [0.1, 0.15) is 11.8 Å². The minimum Gasteiger partial charge on any atom is -0.448 e. The first-order chi connectivity index (χ1) is 8.06. The summed E-state index contributed by atoms with van der Waals surface area (Å²) >= 11 is 5.75. The molecule has 0 radical (unpaired) electrons. The lowest BCUT2D eigenvalue weighted by Gasteiger charge is -2.07. The van der Waals surface area contributed by atoms with E-state index in [4.69, 9.17) is 22.1 Å². The Balaban J connectivity index is 2.19. The summed E-state index contributed by atoms with van der Waals surface area (Å²) in [5.74, 6) is -0.608. The highest BCUT2D eigenvalue weighted by Gasteiger charge is 2.27. The Morgan fingerprint density at radius 3 is 2.59 bits per heavy atom. The lowest BCUT2D eigenvalue weighted by Crippen LogP contribution is -2.30. The van der Waals surface area contributed by atoms with Crippen molar-refractivity contribution in [2.24, 2.45) is 5.73 Å². The van der Waals surface area contributed by atoms with Crippen LogP contribution in [0.3, 0.4) is 0 Å². The lowest BCUT2D eigenvalue weighted by atomic mass is 10.1. The summed E-state index contributed by atoms with van der Waals surface area (Å²) in [5.41, 5.74) is 5.74. The van der Waals surface area contributed by atoms with E-state index in [2.05, 4.69) is 5.32 Å². The number of cyclic esters (lactones) is 1. The molecule has 3 N–H and O–H groups in total. The molecule has 1 aliphatic rings. The molecule has 17 heavy (non-hydrogen) atoms. The van der Waals surface area contributed by atoms with Gasteiger partial charge in [0.15, 0.2) is 0 Å². The molecular formula is C11H9ClN2O3. The van der Waals surface area contributed by atoms with Gasteiger partial charge >= 0.3 is 12.0 Å². The summed E-state index contributed by atoms with van der Waals surface area (Å²) in [6, 6.07) is 6.06. The highest BCUT2D eigenvalue weighted by Crippen LogP contribution is 2.27. The van der Waals surface area contributed by atoms with Crippen LogP contribution in [0.1, 0.15) is 11.7 Å². The van der Waals surface area contributed by atoms with Crippen LogP contribution in [0.15, 0.2) is 36.0 Å². The first-order valence-corrected chi connectivity index (χ1v) is 5.19. The van der Waals surface area contributed by atoms with Crippen molar-refractivity contribution in [1.29, 1.82) is 0 Å². The van der Waals surface area contributed by atoms with E-state index in [9.17, 15) is 9.59 Å². The average Bonchev–Trinajstić information content (AvgIpc) is 2.60. The fourth-order valence-electron chi connectivity index (χ4n) is 1.47. The minimum atomic E-state index is -0.801. The molecule has 88 valence electrons. The van der Waals surface area contributed by atoms with Crippen LogP contribution in [0.25, 0.3) is 0 Å². The number of carbonyl (C=O) groups excluding carboxylic acids is 2. The molecule has 1 heterocycles. The number of hydrogen-bond donors (Lipinski definition) is 2. The highest BCUT2D eigenvalue weighted by atomic mass is 35.5. The number of amides is 2. The Hall–Kier alpha value is -2.01. The number of carbonyl (C=O) groups is 2. The SMILES string of the molecule is NC(=O)NC1=CC(c2ccc(Cl)cc2)OC1=O. The first kappa shape index (κ1) is 11.5. The van der Waals surface area contributed by atoms with Crippen molar-refractivity contribution in [3.8, 4) is 0 Å². The number of halogens is 1. The van der Waals surface area contributed by atoms with Gasteiger partial charge in [0.05, 0.1) is 0 Å². The van der Waals surface area contributed by atoms with Gasteiger partial charge < -0.3 is 15.8 Å². The Bertz CT molecular complexity index is 496. The second-order valence-corrected chi connectivity index (χ2v) is 3.88. The van der Waals surface area contributed by atoms with Crippen LogP contribution in [0.2, 0.25) is 5.02 Å². The summed E-state index contributed by atoms with van der Waals surface area (Å²) in [5, 5.41) is 2.80. The maximum atomic E-state index is 11.4. The van der Waals surface area contributed by atoms with Crippen LogP contribution < -0.4 is 11.1 Å². The number of hydrogen-bond acceptors (Lipinski definition) is 3. The first-order valence-electron chi connectivity index (χ1n) is 4.81. The molecule has 1 aliphatic heterocycles. The van der Waals surface area contributed by atoms with Crippen LogP contribution in [0.5, 0.6) is 0 Å². The van der Waals surface area contributed by atoms with E-state index in [1.54, 1.807) is 24.3 Å². The molecule has 0 bridgehead atoms. The monoisotopic (exact) mass is 252 g/mol. The third kappa shape index (κ3) is 2.57. The number of benzene rings is 1. The topological polar surface area (TPSA) is 81.4 Å². The number of rotatable bonds is 2. The molecule has 2 rings (SSSR count). The van der Waals surface area contributed by atoms with Crippen LogP contribution in [0, 0.1) is 0 Å². The number of esters is 1. The molecule has 0 saturated carbocycles. The molecule has 2 amide bonds. The van der Waals surface area contributed by atoms with E-state index in [-0.39, 0.29) is 5.70 Å². The van der Waals surface area contributed by atoms with Crippen molar-refractivity contribution in [2.45, 2.75) is 6.10 Å². The fourth-order valence-corrected chi connectivity index (χ4v) is 1.60. The number of urea groups is 1. The summed E-state index contributed by atoms with van der Waals surface area (Å²) < 4.78 is 5.06. The van der Waals surface area contributed by atoms with Gasteiger partial charge in [-0.15, -0.1) is 0 Å². The summed E-state index contributed by atoms with van der Waals surface area (Å²) in [4.78, 5) is 22.0. The van der Waals surface area contributed by atoms with Crippen LogP contribution in [0.4, 0.5) is 4.79 Å². The lowest BCUT2D eigenvalue weighted by molar-refractivity contribution is -0.140. The number of nitrogens with two attached hydrogens (primary N) is 1. The van der Waals surface area contributed by atoms with E-state index >= 15 is 0 Å². The number of nitrogens with one attached hydrogen (secondary N) is 1. The zero-order valence-corrected chi connectivity index (χ0v) is 9.40. The normalized spacial score (nSPS) is 18.5. The van der Waals surface area contributed by atoms with Crippen molar-refractivity contribution in [3.05, 3.63) is 46.6 Å². The molecular weight excluding hydrogens is 244 g/mol. The predicted molar refractivity (Wildman–Crippen MR) is 61.1 cm³/mol. The van der Waals surface area contributed by atoms with Crippen molar-refractivity contribution < 1.29 is 14.3 Å².